The summed E-state index contributed by atoms with van der Waals surface area (Å²) in [5, 5.41) is 23.0. The summed E-state index contributed by atoms with van der Waals surface area (Å²) in [6, 6.07) is -0.654. The quantitative estimate of drug-likeness (QED) is 0.0447. The molecule has 1 amide bonds. The number of nitrogens with one attached hydrogen (secondary N) is 1. The van der Waals surface area contributed by atoms with Gasteiger partial charge in [-0.2, -0.15) is 0 Å². The highest BCUT2D eigenvalue weighted by Gasteiger charge is 2.17. The third kappa shape index (κ3) is 37.1. The fraction of sp³-hybridized carbons (Fsp3) is 0.717. The molecule has 3 N–H and O–H groups in total. The molecule has 288 valence electrons. The number of hydrogen-bond acceptors (Lipinski definition) is 3. The average Bonchev–Trinajstić information content (AvgIpc) is 3.12. The topological polar surface area (TPSA) is 69.6 Å². The fourth-order valence-electron chi connectivity index (χ4n) is 5.93. The molecule has 0 aliphatic heterocycles. The van der Waals surface area contributed by atoms with E-state index in [0.717, 1.165) is 70.6 Å². The van der Waals surface area contributed by atoms with Gasteiger partial charge in [-0.25, -0.2) is 0 Å². The number of allylic oxidation sites excluding steroid dienone is 11. The van der Waals surface area contributed by atoms with Crippen molar-refractivity contribution < 1.29 is 15.0 Å². The molecule has 0 rings (SSSR count). The predicted molar refractivity (Wildman–Crippen MR) is 220 cm³/mol. The van der Waals surface area contributed by atoms with Gasteiger partial charge in [-0.1, -0.05) is 183 Å². The second-order valence-corrected chi connectivity index (χ2v) is 14.0. The van der Waals surface area contributed by atoms with Crippen LogP contribution in [0, 0.1) is 0 Å². The molecule has 0 fully saturated rings. The van der Waals surface area contributed by atoms with Crippen LogP contribution in [0.25, 0.3) is 0 Å². The van der Waals surface area contributed by atoms with Gasteiger partial charge in [0.05, 0.1) is 18.8 Å². The minimum absolute atomic E-state index is 0.0914. The van der Waals surface area contributed by atoms with Gasteiger partial charge in [0.25, 0.3) is 0 Å². The number of aliphatic hydroxyl groups excluding tert-OH is 2. The minimum Gasteiger partial charge on any atom is -0.394 e. The van der Waals surface area contributed by atoms with Gasteiger partial charge in [-0.15, -0.1) is 0 Å². The molecule has 0 radical (unpaired) electrons. The Morgan fingerprint density at radius 1 is 0.500 bits per heavy atom. The molecule has 4 heteroatoms. The van der Waals surface area contributed by atoms with E-state index in [-0.39, 0.29) is 12.5 Å². The Morgan fingerprint density at radius 2 is 0.900 bits per heavy atom. The number of unbranched alkanes of at least 4 members (excludes halogenated alkanes) is 20. The maximum Gasteiger partial charge on any atom is 0.220 e. The first kappa shape index (κ1) is 47.8. The second-order valence-electron chi connectivity index (χ2n) is 14.0. The first-order valence-electron chi connectivity index (χ1n) is 21.2. The number of amides is 1. The summed E-state index contributed by atoms with van der Waals surface area (Å²) in [6.07, 6.45) is 58.6. The van der Waals surface area contributed by atoms with Crippen molar-refractivity contribution >= 4 is 5.91 Å². The van der Waals surface area contributed by atoms with Crippen molar-refractivity contribution in [3.8, 4) is 0 Å². The molecule has 2 atom stereocenters. The minimum atomic E-state index is -0.877. The zero-order chi connectivity index (χ0) is 36.4. The van der Waals surface area contributed by atoms with Crippen molar-refractivity contribution in [3.05, 3.63) is 72.9 Å². The Bertz CT molecular complexity index is 884. The molecular weight excluding hydrogens is 615 g/mol. The zero-order valence-electron chi connectivity index (χ0n) is 32.9. The van der Waals surface area contributed by atoms with E-state index < -0.39 is 12.1 Å². The summed E-state index contributed by atoms with van der Waals surface area (Å²) in [6.45, 7) is 4.17. The molecule has 0 heterocycles. The van der Waals surface area contributed by atoms with Crippen molar-refractivity contribution in [1.82, 2.24) is 5.32 Å². The third-order valence-corrected chi connectivity index (χ3v) is 9.15. The Labute approximate surface area is 310 Å². The monoisotopic (exact) mass is 696 g/mol. The van der Waals surface area contributed by atoms with Crippen molar-refractivity contribution in [3.63, 3.8) is 0 Å². The number of aliphatic hydroxyl groups is 2. The van der Waals surface area contributed by atoms with E-state index in [9.17, 15) is 15.0 Å². The van der Waals surface area contributed by atoms with E-state index in [0.29, 0.717) is 6.42 Å². The third-order valence-electron chi connectivity index (χ3n) is 9.15. The first-order chi connectivity index (χ1) is 24.7. The molecule has 2 unspecified atom stereocenters. The molecular formula is C46H81NO3. The molecule has 0 aromatic rings. The molecule has 0 bridgehead atoms. The highest BCUT2D eigenvalue weighted by atomic mass is 16.3. The summed E-state index contributed by atoms with van der Waals surface area (Å²) < 4.78 is 0. The highest BCUT2D eigenvalue weighted by molar-refractivity contribution is 5.76. The van der Waals surface area contributed by atoms with E-state index in [1.165, 1.54) is 103 Å². The summed E-state index contributed by atoms with van der Waals surface area (Å²) in [5.41, 5.74) is 0. The molecule has 0 aromatic carbocycles. The Morgan fingerprint density at radius 3 is 1.40 bits per heavy atom. The van der Waals surface area contributed by atoms with Gasteiger partial charge in [0, 0.05) is 6.42 Å². The number of carbonyl (C=O) groups is 1. The summed E-state index contributed by atoms with van der Waals surface area (Å²) in [7, 11) is 0. The lowest BCUT2D eigenvalue weighted by atomic mass is 10.1. The number of carbonyl (C=O) groups excluding carboxylic acids is 1. The second kappa shape index (κ2) is 41.3. The van der Waals surface area contributed by atoms with Crippen LogP contribution in [0.2, 0.25) is 0 Å². The number of rotatable bonds is 37. The average molecular weight is 696 g/mol. The van der Waals surface area contributed by atoms with Gasteiger partial charge in [-0.05, 0) is 77.0 Å². The van der Waals surface area contributed by atoms with Gasteiger partial charge >= 0.3 is 0 Å². The van der Waals surface area contributed by atoms with E-state index >= 15 is 0 Å². The van der Waals surface area contributed by atoms with E-state index in [2.05, 4.69) is 79.9 Å². The standard InChI is InChI=1S/C46H81NO3/c1-3-5-7-9-11-13-15-17-19-21-22-23-24-26-27-29-31-33-35-37-39-41-45(49)44(43-48)47-46(50)42-40-38-36-34-32-30-28-25-20-18-16-14-12-10-8-6-4-2/h6,8,12,14,18,20,24,26,31,33,39,41,44-45,48-49H,3-5,7,9-11,13,15-17,19,21-23,25,27-30,32,34-38,40,42-43H2,1-2H3,(H,47,50)/b8-6-,14-12-,20-18-,26-24+,33-31+,41-39+. The summed E-state index contributed by atoms with van der Waals surface area (Å²) in [5.74, 6) is -0.0914. The van der Waals surface area contributed by atoms with Crippen molar-refractivity contribution in [1.29, 1.82) is 0 Å². The molecule has 0 saturated carbocycles. The lowest BCUT2D eigenvalue weighted by Gasteiger charge is -2.19. The Kier molecular flexibility index (Phi) is 39.5. The van der Waals surface area contributed by atoms with Crippen molar-refractivity contribution in [2.75, 3.05) is 6.61 Å². The SMILES string of the molecule is CC/C=C\C/C=C\C/C=C\CCCCCCCCCC(=O)NC(CO)C(O)/C=C/CC/C=C/CC/C=C/CCCCCCCCCCCCC. The normalized spacial score (nSPS) is 13.8. The van der Waals surface area contributed by atoms with Crippen molar-refractivity contribution in [2.24, 2.45) is 0 Å². The van der Waals surface area contributed by atoms with Crippen LogP contribution in [-0.2, 0) is 4.79 Å². The van der Waals surface area contributed by atoms with Gasteiger partial charge in [0.1, 0.15) is 0 Å². The molecule has 0 spiro atoms. The van der Waals surface area contributed by atoms with Crippen LogP contribution in [0.3, 0.4) is 0 Å². The van der Waals surface area contributed by atoms with Crippen LogP contribution >= 0.6 is 0 Å². The lowest BCUT2D eigenvalue weighted by molar-refractivity contribution is -0.123. The molecule has 0 aromatic heterocycles. The first-order valence-corrected chi connectivity index (χ1v) is 21.2. The summed E-state index contributed by atoms with van der Waals surface area (Å²) >= 11 is 0. The van der Waals surface area contributed by atoms with Crippen LogP contribution in [0.4, 0.5) is 0 Å². The molecule has 50 heavy (non-hydrogen) atoms. The van der Waals surface area contributed by atoms with Gasteiger partial charge in [0.2, 0.25) is 5.91 Å². The van der Waals surface area contributed by atoms with E-state index in [1.807, 2.05) is 6.08 Å². The van der Waals surface area contributed by atoms with Crippen LogP contribution < -0.4 is 5.32 Å². The molecule has 0 saturated heterocycles. The molecule has 0 aliphatic rings. The van der Waals surface area contributed by atoms with Crippen LogP contribution in [0.5, 0.6) is 0 Å². The predicted octanol–water partition coefficient (Wildman–Crippen LogP) is 13.1. The highest BCUT2D eigenvalue weighted by Crippen LogP contribution is 2.13. The van der Waals surface area contributed by atoms with E-state index in [1.54, 1.807) is 6.08 Å². The van der Waals surface area contributed by atoms with Gasteiger partial charge in [-0.3, -0.25) is 4.79 Å². The van der Waals surface area contributed by atoms with Crippen molar-refractivity contribution in [2.45, 2.75) is 206 Å². The largest absolute Gasteiger partial charge is 0.394 e. The van der Waals surface area contributed by atoms with Crippen LogP contribution in [0.15, 0.2) is 72.9 Å². The zero-order valence-corrected chi connectivity index (χ0v) is 32.9. The fourth-order valence-corrected chi connectivity index (χ4v) is 5.93. The van der Waals surface area contributed by atoms with E-state index in [4.69, 9.17) is 0 Å². The summed E-state index contributed by atoms with van der Waals surface area (Å²) in [4.78, 5) is 12.4. The Hall–Kier alpha value is -2.17. The maximum atomic E-state index is 12.4. The molecule has 0 aliphatic carbocycles. The van der Waals surface area contributed by atoms with Crippen LogP contribution in [-0.4, -0.2) is 34.9 Å². The Balaban J connectivity index is 3.69. The maximum absolute atomic E-state index is 12.4. The molecule has 4 nitrogen and oxygen atoms in total. The lowest BCUT2D eigenvalue weighted by Crippen LogP contribution is -2.45. The van der Waals surface area contributed by atoms with Gasteiger partial charge < -0.3 is 15.5 Å². The smallest absolute Gasteiger partial charge is 0.220 e. The van der Waals surface area contributed by atoms with Crippen LogP contribution in [0.1, 0.15) is 194 Å². The number of hydrogen-bond donors (Lipinski definition) is 3. The van der Waals surface area contributed by atoms with Gasteiger partial charge in [0.15, 0.2) is 0 Å².